The van der Waals surface area contributed by atoms with Gasteiger partial charge in [0.15, 0.2) is 0 Å². The van der Waals surface area contributed by atoms with Crippen molar-refractivity contribution in [3.8, 4) is 5.75 Å². The molecule has 0 N–H and O–H groups in total. The summed E-state index contributed by atoms with van der Waals surface area (Å²) in [5, 5.41) is 0.0181. The molecule has 0 spiro atoms. The molecule has 1 amide bonds. The third-order valence-corrected chi connectivity index (χ3v) is 5.11. The number of halogens is 1. The summed E-state index contributed by atoms with van der Waals surface area (Å²) in [5.74, 6) is 1.47. The molecule has 0 radical (unpaired) electrons. The third kappa shape index (κ3) is 2.94. The highest BCUT2D eigenvalue weighted by Crippen LogP contribution is 2.42. The van der Waals surface area contributed by atoms with Crippen LogP contribution in [-0.4, -0.2) is 18.8 Å². The lowest BCUT2D eigenvalue weighted by atomic mass is 10.2. The lowest BCUT2D eigenvalue weighted by molar-refractivity contribution is -0.115. The van der Waals surface area contributed by atoms with Crippen molar-refractivity contribution in [2.75, 3.05) is 17.8 Å². The summed E-state index contributed by atoms with van der Waals surface area (Å²) in [7, 11) is 1.65. The molecule has 3 rings (SSSR count). The van der Waals surface area contributed by atoms with E-state index in [4.69, 9.17) is 4.74 Å². The zero-order valence-corrected chi connectivity index (χ0v) is 13.9. The largest absolute Gasteiger partial charge is 0.497 e. The molecule has 1 fully saturated rings. The SMILES string of the molecule is COc1ccc([C@@H]2SCC(=O)N2c2ccc(Br)cc2)cc1. The number of methoxy groups -OCH3 is 1. The number of anilines is 1. The van der Waals surface area contributed by atoms with Crippen molar-refractivity contribution < 1.29 is 9.53 Å². The molecule has 1 saturated heterocycles. The number of rotatable bonds is 3. The van der Waals surface area contributed by atoms with Crippen molar-refractivity contribution in [3.63, 3.8) is 0 Å². The first-order valence-electron chi connectivity index (χ1n) is 6.52. The molecule has 2 aromatic rings. The Hall–Kier alpha value is -1.46. The van der Waals surface area contributed by atoms with Crippen LogP contribution in [0.2, 0.25) is 0 Å². The van der Waals surface area contributed by atoms with Gasteiger partial charge in [0.25, 0.3) is 0 Å². The van der Waals surface area contributed by atoms with Gasteiger partial charge in [0.05, 0.1) is 12.9 Å². The summed E-state index contributed by atoms with van der Waals surface area (Å²) in [4.78, 5) is 14.1. The molecule has 0 aromatic heterocycles. The Labute approximate surface area is 136 Å². The number of carbonyl (C=O) groups is 1. The first kappa shape index (κ1) is 14.5. The zero-order chi connectivity index (χ0) is 14.8. The van der Waals surface area contributed by atoms with Crippen LogP contribution in [0.15, 0.2) is 53.0 Å². The van der Waals surface area contributed by atoms with Gasteiger partial charge in [-0.05, 0) is 42.0 Å². The molecule has 1 aliphatic heterocycles. The number of nitrogens with zero attached hydrogens (tertiary/aromatic N) is 1. The lowest BCUT2D eigenvalue weighted by Crippen LogP contribution is -2.27. The van der Waals surface area contributed by atoms with Crippen molar-refractivity contribution in [1.82, 2.24) is 0 Å². The van der Waals surface area contributed by atoms with E-state index in [2.05, 4.69) is 15.9 Å². The number of ether oxygens (including phenoxy) is 1. The molecular weight excluding hydrogens is 350 g/mol. The van der Waals surface area contributed by atoms with Crippen LogP contribution in [0.25, 0.3) is 0 Å². The number of hydrogen-bond acceptors (Lipinski definition) is 3. The lowest BCUT2D eigenvalue weighted by Gasteiger charge is -2.24. The first-order chi connectivity index (χ1) is 10.2. The minimum absolute atomic E-state index is 0.0181. The minimum atomic E-state index is 0.0181. The number of carbonyl (C=O) groups excluding carboxylic acids is 1. The Morgan fingerprint density at radius 3 is 2.43 bits per heavy atom. The summed E-state index contributed by atoms with van der Waals surface area (Å²) in [5.41, 5.74) is 2.03. The Bertz CT molecular complexity index is 642. The van der Waals surface area contributed by atoms with Gasteiger partial charge in [0.2, 0.25) is 5.91 Å². The van der Waals surface area contributed by atoms with Crippen LogP contribution in [0.4, 0.5) is 5.69 Å². The van der Waals surface area contributed by atoms with Crippen LogP contribution in [0, 0.1) is 0 Å². The van der Waals surface area contributed by atoms with Crippen LogP contribution < -0.4 is 9.64 Å². The van der Waals surface area contributed by atoms with E-state index in [0.717, 1.165) is 21.5 Å². The molecule has 0 unspecified atom stereocenters. The smallest absolute Gasteiger partial charge is 0.238 e. The van der Waals surface area contributed by atoms with E-state index in [-0.39, 0.29) is 11.3 Å². The van der Waals surface area contributed by atoms with Gasteiger partial charge in [-0.1, -0.05) is 28.1 Å². The highest BCUT2D eigenvalue weighted by molar-refractivity contribution is 9.10. The summed E-state index contributed by atoms with van der Waals surface area (Å²) >= 11 is 5.07. The average Bonchev–Trinajstić information content (AvgIpc) is 2.90. The Kier molecular flexibility index (Phi) is 4.22. The molecule has 2 aromatic carbocycles. The third-order valence-electron chi connectivity index (χ3n) is 3.37. The maximum Gasteiger partial charge on any atom is 0.238 e. The second kappa shape index (κ2) is 6.12. The zero-order valence-electron chi connectivity index (χ0n) is 11.5. The van der Waals surface area contributed by atoms with Gasteiger partial charge in [-0.25, -0.2) is 0 Å². The first-order valence-corrected chi connectivity index (χ1v) is 8.36. The van der Waals surface area contributed by atoms with Crippen LogP contribution in [0.5, 0.6) is 5.75 Å². The van der Waals surface area contributed by atoms with Gasteiger partial charge < -0.3 is 4.74 Å². The van der Waals surface area contributed by atoms with E-state index in [9.17, 15) is 4.79 Å². The summed E-state index contributed by atoms with van der Waals surface area (Å²) in [6, 6.07) is 15.7. The number of thioether (sulfide) groups is 1. The molecule has 0 saturated carbocycles. The number of amides is 1. The summed E-state index contributed by atoms with van der Waals surface area (Å²) in [6.45, 7) is 0. The normalized spacial score (nSPS) is 18.1. The fraction of sp³-hybridized carbons (Fsp3) is 0.188. The van der Waals surface area contributed by atoms with Crippen LogP contribution >= 0.6 is 27.7 Å². The molecule has 5 heteroatoms. The topological polar surface area (TPSA) is 29.5 Å². The fourth-order valence-electron chi connectivity index (χ4n) is 2.32. The van der Waals surface area contributed by atoms with Gasteiger partial charge in [-0.15, -0.1) is 11.8 Å². The molecule has 1 heterocycles. The average molecular weight is 364 g/mol. The van der Waals surface area contributed by atoms with Gasteiger partial charge in [-0.3, -0.25) is 9.69 Å². The highest BCUT2D eigenvalue weighted by atomic mass is 79.9. The second-order valence-corrected chi connectivity index (χ2v) is 6.66. The van der Waals surface area contributed by atoms with E-state index < -0.39 is 0 Å². The maximum absolute atomic E-state index is 12.2. The maximum atomic E-state index is 12.2. The second-order valence-electron chi connectivity index (χ2n) is 4.68. The number of benzene rings is 2. The van der Waals surface area contributed by atoms with Crippen molar-refractivity contribution >= 4 is 39.3 Å². The highest BCUT2D eigenvalue weighted by Gasteiger charge is 2.33. The Morgan fingerprint density at radius 2 is 1.81 bits per heavy atom. The Balaban J connectivity index is 1.93. The van der Waals surface area contributed by atoms with Crippen LogP contribution in [0.3, 0.4) is 0 Å². The molecule has 1 aliphatic rings. The van der Waals surface area contributed by atoms with Gasteiger partial charge >= 0.3 is 0 Å². The monoisotopic (exact) mass is 363 g/mol. The molecule has 108 valence electrons. The Morgan fingerprint density at radius 1 is 1.14 bits per heavy atom. The van der Waals surface area contributed by atoms with Crippen LogP contribution in [-0.2, 0) is 4.79 Å². The van der Waals surface area contributed by atoms with Gasteiger partial charge in [0, 0.05) is 10.2 Å². The minimum Gasteiger partial charge on any atom is -0.497 e. The van der Waals surface area contributed by atoms with E-state index in [1.807, 2.05) is 53.4 Å². The molecule has 0 aliphatic carbocycles. The van der Waals surface area contributed by atoms with E-state index in [0.29, 0.717) is 5.75 Å². The molecule has 1 atom stereocenters. The van der Waals surface area contributed by atoms with E-state index in [1.165, 1.54) is 0 Å². The predicted octanol–water partition coefficient (Wildman–Crippen LogP) is 4.24. The fourth-order valence-corrected chi connectivity index (χ4v) is 3.76. The molecular formula is C16H14BrNO2S. The van der Waals surface area contributed by atoms with Gasteiger partial charge in [0.1, 0.15) is 11.1 Å². The van der Waals surface area contributed by atoms with Crippen molar-refractivity contribution in [1.29, 1.82) is 0 Å². The summed E-state index contributed by atoms with van der Waals surface area (Å²) < 4.78 is 6.19. The summed E-state index contributed by atoms with van der Waals surface area (Å²) in [6.07, 6.45) is 0. The van der Waals surface area contributed by atoms with E-state index in [1.54, 1.807) is 18.9 Å². The number of hydrogen-bond donors (Lipinski definition) is 0. The predicted molar refractivity (Wildman–Crippen MR) is 89.8 cm³/mol. The molecule has 0 bridgehead atoms. The molecule has 3 nitrogen and oxygen atoms in total. The standard InChI is InChI=1S/C16H14BrNO2S/c1-20-14-8-2-11(3-9-14)16-18(15(19)10-21-16)13-6-4-12(17)5-7-13/h2-9,16H,10H2,1H3/t16-/m0/s1. The van der Waals surface area contributed by atoms with E-state index >= 15 is 0 Å². The quantitative estimate of drug-likeness (QED) is 0.816. The van der Waals surface area contributed by atoms with Crippen LogP contribution in [0.1, 0.15) is 10.9 Å². The van der Waals surface area contributed by atoms with Crippen molar-refractivity contribution in [2.24, 2.45) is 0 Å². The van der Waals surface area contributed by atoms with Gasteiger partial charge in [-0.2, -0.15) is 0 Å². The van der Waals surface area contributed by atoms with Crippen molar-refractivity contribution in [3.05, 3.63) is 58.6 Å². The molecule has 21 heavy (non-hydrogen) atoms. The van der Waals surface area contributed by atoms with Crippen molar-refractivity contribution in [2.45, 2.75) is 5.37 Å².